The van der Waals surface area contributed by atoms with Gasteiger partial charge in [-0.25, -0.2) is 0 Å². The summed E-state index contributed by atoms with van der Waals surface area (Å²) in [4.78, 5) is 6.59. The van der Waals surface area contributed by atoms with Crippen molar-refractivity contribution in [3.63, 3.8) is 0 Å². The fourth-order valence-electron chi connectivity index (χ4n) is 2.96. The highest BCUT2D eigenvalue weighted by Crippen LogP contribution is 2.29. The number of hydrogen-bond donors (Lipinski definition) is 1. The van der Waals surface area contributed by atoms with Crippen LogP contribution in [0.2, 0.25) is 0 Å². The molecular formula is C16H21N3O. The molecule has 1 atom stereocenters. The molecule has 4 nitrogen and oxygen atoms in total. The van der Waals surface area contributed by atoms with Crippen molar-refractivity contribution in [3.8, 4) is 5.75 Å². The lowest BCUT2D eigenvalue weighted by atomic mass is 10.1. The van der Waals surface area contributed by atoms with Crippen molar-refractivity contribution in [1.82, 2.24) is 9.88 Å². The quantitative estimate of drug-likeness (QED) is 0.869. The molecule has 1 unspecified atom stereocenters. The number of hydrogen-bond acceptors (Lipinski definition) is 4. The van der Waals surface area contributed by atoms with Gasteiger partial charge in [-0.2, -0.15) is 0 Å². The van der Waals surface area contributed by atoms with E-state index in [9.17, 15) is 0 Å². The van der Waals surface area contributed by atoms with Crippen LogP contribution in [0.5, 0.6) is 5.75 Å². The van der Waals surface area contributed by atoms with Crippen LogP contribution >= 0.6 is 0 Å². The molecule has 0 radical (unpaired) electrons. The zero-order valence-corrected chi connectivity index (χ0v) is 11.9. The van der Waals surface area contributed by atoms with Gasteiger partial charge in [0.25, 0.3) is 0 Å². The SMILES string of the molecule is CN1CCCC1CCOc1ccc(N)c2ccncc12. The Morgan fingerprint density at radius 3 is 3.05 bits per heavy atom. The first-order chi connectivity index (χ1) is 9.75. The highest BCUT2D eigenvalue weighted by molar-refractivity contribution is 5.96. The van der Waals surface area contributed by atoms with Gasteiger partial charge in [0, 0.05) is 34.9 Å². The normalized spacial score (nSPS) is 19.6. The van der Waals surface area contributed by atoms with Crippen LogP contribution in [-0.2, 0) is 0 Å². The Labute approximate surface area is 119 Å². The highest BCUT2D eigenvalue weighted by atomic mass is 16.5. The van der Waals surface area contributed by atoms with Gasteiger partial charge < -0.3 is 15.4 Å². The largest absolute Gasteiger partial charge is 0.493 e. The molecule has 0 amide bonds. The van der Waals surface area contributed by atoms with Gasteiger partial charge in [-0.15, -0.1) is 0 Å². The zero-order valence-electron chi connectivity index (χ0n) is 11.9. The molecule has 0 spiro atoms. The molecule has 0 bridgehead atoms. The van der Waals surface area contributed by atoms with Crippen LogP contribution in [0.4, 0.5) is 5.69 Å². The average molecular weight is 271 g/mol. The van der Waals surface area contributed by atoms with E-state index in [1.807, 2.05) is 24.4 Å². The summed E-state index contributed by atoms with van der Waals surface area (Å²) in [6.45, 7) is 1.95. The van der Waals surface area contributed by atoms with E-state index in [1.165, 1.54) is 19.4 Å². The number of nitrogens with two attached hydrogens (primary N) is 1. The van der Waals surface area contributed by atoms with Gasteiger partial charge >= 0.3 is 0 Å². The Kier molecular flexibility index (Phi) is 3.74. The minimum absolute atomic E-state index is 0.660. The second-order valence-corrected chi connectivity index (χ2v) is 5.49. The fraction of sp³-hybridized carbons (Fsp3) is 0.438. The number of aromatic nitrogens is 1. The summed E-state index contributed by atoms with van der Waals surface area (Å²) in [5.74, 6) is 0.878. The lowest BCUT2D eigenvalue weighted by Crippen LogP contribution is -2.26. The molecular weight excluding hydrogens is 250 g/mol. The second kappa shape index (κ2) is 5.67. The molecule has 1 aliphatic rings. The van der Waals surface area contributed by atoms with Gasteiger partial charge in [0.2, 0.25) is 0 Å². The van der Waals surface area contributed by atoms with E-state index in [0.29, 0.717) is 6.04 Å². The van der Waals surface area contributed by atoms with Crippen molar-refractivity contribution in [2.24, 2.45) is 0 Å². The molecule has 1 aromatic heterocycles. The summed E-state index contributed by atoms with van der Waals surface area (Å²) in [5, 5.41) is 2.00. The maximum Gasteiger partial charge on any atom is 0.128 e. The van der Waals surface area contributed by atoms with Crippen LogP contribution in [0, 0.1) is 0 Å². The number of fused-ring (bicyclic) bond motifs is 1. The van der Waals surface area contributed by atoms with Crippen molar-refractivity contribution in [2.75, 3.05) is 25.9 Å². The number of nitrogen functional groups attached to an aromatic ring is 1. The minimum Gasteiger partial charge on any atom is -0.493 e. The molecule has 2 aromatic rings. The van der Waals surface area contributed by atoms with Crippen molar-refractivity contribution >= 4 is 16.5 Å². The third kappa shape index (κ3) is 2.56. The Morgan fingerprint density at radius 1 is 1.35 bits per heavy atom. The molecule has 1 saturated heterocycles. The zero-order chi connectivity index (χ0) is 13.9. The van der Waals surface area contributed by atoms with Crippen molar-refractivity contribution in [1.29, 1.82) is 0 Å². The van der Waals surface area contributed by atoms with Gasteiger partial charge in [0.1, 0.15) is 5.75 Å². The van der Waals surface area contributed by atoms with Crippen LogP contribution in [0.1, 0.15) is 19.3 Å². The molecule has 1 aliphatic heterocycles. The third-order valence-electron chi connectivity index (χ3n) is 4.19. The summed E-state index contributed by atoms with van der Waals surface area (Å²) >= 11 is 0. The van der Waals surface area contributed by atoms with Gasteiger partial charge in [-0.3, -0.25) is 4.98 Å². The van der Waals surface area contributed by atoms with E-state index in [2.05, 4.69) is 16.9 Å². The van der Waals surface area contributed by atoms with Gasteiger partial charge in [0.05, 0.1) is 6.61 Å². The Balaban J connectivity index is 1.70. The van der Waals surface area contributed by atoms with Crippen molar-refractivity contribution in [2.45, 2.75) is 25.3 Å². The van der Waals surface area contributed by atoms with Gasteiger partial charge in [-0.05, 0) is 51.1 Å². The number of rotatable bonds is 4. The maximum atomic E-state index is 5.98. The summed E-state index contributed by atoms with van der Waals surface area (Å²) in [5.41, 5.74) is 6.75. The van der Waals surface area contributed by atoms with E-state index in [0.717, 1.165) is 35.2 Å². The molecule has 1 aromatic carbocycles. The molecule has 0 saturated carbocycles. The van der Waals surface area contributed by atoms with E-state index in [4.69, 9.17) is 10.5 Å². The van der Waals surface area contributed by atoms with Crippen molar-refractivity contribution < 1.29 is 4.74 Å². The predicted octanol–water partition coefficient (Wildman–Crippen LogP) is 2.68. The second-order valence-electron chi connectivity index (χ2n) is 5.49. The van der Waals surface area contributed by atoms with E-state index in [1.54, 1.807) is 6.20 Å². The molecule has 4 heteroatoms. The van der Waals surface area contributed by atoms with Crippen LogP contribution in [-0.4, -0.2) is 36.1 Å². The number of nitrogens with zero attached hydrogens (tertiary/aromatic N) is 2. The van der Waals surface area contributed by atoms with Gasteiger partial charge in [0.15, 0.2) is 0 Å². The monoisotopic (exact) mass is 271 g/mol. The summed E-state index contributed by atoms with van der Waals surface area (Å²) in [7, 11) is 2.19. The van der Waals surface area contributed by atoms with E-state index >= 15 is 0 Å². The molecule has 1 fully saturated rings. The van der Waals surface area contributed by atoms with Gasteiger partial charge in [-0.1, -0.05) is 0 Å². The lowest BCUT2D eigenvalue weighted by Gasteiger charge is -2.19. The lowest BCUT2D eigenvalue weighted by molar-refractivity contribution is 0.234. The number of ether oxygens (including phenoxy) is 1. The minimum atomic E-state index is 0.660. The van der Waals surface area contributed by atoms with Crippen molar-refractivity contribution in [3.05, 3.63) is 30.6 Å². The first-order valence-corrected chi connectivity index (χ1v) is 7.21. The number of likely N-dealkylation sites (tertiary alicyclic amines) is 1. The number of pyridine rings is 1. The topological polar surface area (TPSA) is 51.4 Å². The molecule has 2 heterocycles. The van der Waals surface area contributed by atoms with E-state index < -0.39 is 0 Å². The molecule has 3 rings (SSSR count). The predicted molar refractivity (Wildman–Crippen MR) is 81.9 cm³/mol. The molecule has 106 valence electrons. The van der Waals surface area contributed by atoms with Crippen LogP contribution < -0.4 is 10.5 Å². The van der Waals surface area contributed by atoms with Crippen LogP contribution in [0.15, 0.2) is 30.6 Å². The summed E-state index contributed by atoms with van der Waals surface area (Å²) in [6.07, 6.45) is 7.24. The van der Waals surface area contributed by atoms with E-state index in [-0.39, 0.29) is 0 Å². The van der Waals surface area contributed by atoms with Crippen LogP contribution in [0.25, 0.3) is 10.8 Å². The molecule has 0 aliphatic carbocycles. The fourth-order valence-corrected chi connectivity index (χ4v) is 2.96. The Bertz CT molecular complexity index is 599. The third-order valence-corrected chi connectivity index (χ3v) is 4.19. The molecule has 20 heavy (non-hydrogen) atoms. The first-order valence-electron chi connectivity index (χ1n) is 7.21. The Hall–Kier alpha value is -1.81. The van der Waals surface area contributed by atoms with Crippen LogP contribution in [0.3, 0.4) is 0 Å². The summed E-state index contributed by atoms with van der Waals surface area (Å²) < 4.78 is 5.96. The maximum absolute atomic E-state index is 5.98. The Morgan fingerprint density at radius 2 is 2.25 bits per heavy atom. The standard InChI is InChI=1S/C16H21N3O/c1-19-9-2-3-12(19)7-10-20-16-5-4-15(17)13-6-8-18-11-14(13)16/h4-6,8,11-12H,2-3,7,9-10,17H2,1H3. The average Bonchev–Trinajstić information content (AvgIpc) is 2.87. The molecule has 2 N–H and O–H groups in total. The highest BCUT2D eigenvalue weighted by Gasteiger charge is 2.20. The summed E-state index contributed by atoms with van der Waals surface area (Å²) in [6, 6.07) is 6.44. The first kappa shape index (κ1) is 13.2. The number of benzene rings is 1. The smallest absolute Gasteiger partial charge is 0.128 e. The number of anilines is 1.